The largest absolute Gasteiger partial charge is 0.489 e. The average Bonchev–Trinajstić information content (AvgIpc) is 3.66. The Morgan fingerprint density at radius 2 is 1.81 bits per heavy atom. The quantitative estimate of drug-likeness (QED) is 0.573. The Labute approximate surface area is 213 Å². The first-order valence-electron chi connectivity index (χ1n) is 13.4. The number of nitrogens with zero attached hydrogens (tertiary/aromatic N) is 3. The van der Waals surface area contributed by atoms with Gasteiger partial charge in [0, 0.05) is 25.0 Å². The number of carbonyl (C=O) groups excluding carboxylic acids is 1. The standard InChI is InChI=1S/C29H35N5O2/c1-2-16-33-28-25(31-26(32-28)22-10-6-7-11-22)27-30-23(18-34(27)29(33)35)17-20-12-14-24(15-13-20)36-19-21-8-4-3-5-9-21/h3-5,8-9,12-15,22-23,28,30H,2,6-7,10-11,16-19H2,1H3,(H,31,32)/t23-,28?/m1/s1. The van der Waals surface area contributed by atoms with Crippen molar-refractivity contribution in [3.63, 3.8) is 0 Å². The number of fused-ring (bicyclic) bond motifs is 2. The molecule has 36 heavy (non-hydrogen) atoms. The zero-order valence-electron chi connectivity index (χ0n) is 21.0. The smallest absolute Gasteiger partial charge is 0.327 e. The van der Waals surface area contributed by atoms with Gasteiger partial charge in [-0.15, -0.1) is 0 Å². The van der Waals surface area contributed by atoms with Crippen molar-refractivity contribution in [1.29, 1.82) is 0 Å². The zero-order chi connectivity index (χ0) is 24.5. The second kappa shape index (κ2) is 9.88. The summed E-state index contributed by atoms with van der Waals surface area (Å²) in [5.74, 6) is 3.36. The van der Waals surface area contributed by atoms with E-state index in [4.69, 9.17) is 9.73 Å². The lowest BCUT2D eigenvalue weighted by atomic mass is 10.1. The Balaban J connectivity index is 1.14. The molecule has 0 spiro atoms. The number of aliphatic imine (C=N–C) groups is 1. The van der Waals surface area contributed by atoms with Crippen LogP contribution in [0.5, 0.6) is 5.75 Å². The van der Waals surface area contributed by atoms with Gasteiger partial charge in [-0.05, 0) is 48.9 Å². The molecule has 2 aromatic rings. The van der Waals surface area contributed by atoms with E-state index in [9.17, 15) is 4.79 Å². The van der Waals surface area contributed by atoms with E-state index in [1.54, 1.807) is 0 Å². The molecule has 0 radical (unpaired) electrons. The van der Waals surface area contributed by atoms with E-state index in [1.807, 2.05) is 40.1 Å². The third-order valence-corrected chi connectivity index (χ3v) is 7.68. The Hall–Kier alpha value is -3.48. The van der Waals surface area contributed by atoms with Gasteiger partial charge in [0.05, 0.1) is 0 Å². The van der Waals surface area contributed by atoms with Crippen molar-refractivity contribution in [3.05, 3.63) is 77.2 Å². The van der Waals surface area contributed by atoms with E-state index in [1.165, 1.54) is 31.2 Å². The SMILES string of the molecule is CCCN1C(=O)N2C[C@@H](Cc3ccc(OCc4ccccc4)cc3)NC2=C2NC(C3CCCC3)=NC21. The number of benzene rings is 2. The summed E-state index contributed by atoms with van der Waals surface area (Å²) < 4.78 is 5.94. The van der Waals surface area contributed by atoms with Gasteiger partial charge in [0.2, 0.25) is 0 Å². The summed E-state index contributed by atoms with van der Waals surface area (Å²) in [5.41, 5.74) is 3.43. The molecular formula is C29H35N5O2. The number of nitrogens with one attached hydrogen (secondary N) is 2. The molecule has 7 nitrogen and oxygen atoms in total. The summed E-state index contributed by atoms with van der Waals surface area (Å²) in [6.07, 6.45) is 6.45. The molecule has 2 amide bonds. The zero-order valence-corrected chi connectivity index (χ0v) is 21.0. The minimum Gasteiger partial charge on any atom is -0.489 e. The third-order valence-electron chi connectivity index (χ3n) is 7.68. The van der Waals surface area contributed by atoms with Gasteiger partial charge < -0.3 is 15.4 Å². The number of amidine groups is 1. The summed E-state index contributed by atoms with van der Waals surface area (Å²) in [6.45, 7) is 4.06. The average molecular weight is 486 g/mol. The molecule has 0 bridgehead atoms. The fraction of sp³-hybridized carbons (Fsp3) is 0.448. The highest BCUT2D eigenvalue weighted by Crippen LogP contribution is 2.35. The topological polar surface area (TPSA) is 69.2 Å². The fourth-order valence-corrected chi connectivity index (χ4v) is 5.85. The summed E-state index contributed by atoms with van der Waals surface area (Å²) in [7, 11) is 0. The van der Waals surface area contributed by atoms with Gasteiger partial charge in [0.25, 0.3) is 0 Å². The van der Waals surface area contributed by atoms with E-state index in [0.717, 1.165) is 48.1 Å². The van der Waals surface area contributed by atoms with Gasteiger partial charge in [0.15, 0.2) is 6.17 Å². The molecule has 1 unspecified atom stereocenters. The monoisotopic (exact) mass is 485 g/mol. The molecule has 2 aromatic carbocycles. The Morgan fingerprint density at radius 3 is 2.56 bits per heavy atom. The van der Waals surface area contributed by atoms with Crippen molar-refractivity contribution >= 4 is 11.9 Å². The predicted octanol–water partition coefficient (Wildman–Crippen LogP) is 4.61. The number of ether oxygens (including phenoxy) is 1. The molecule has 2 atom stereocenters. The van der Waals surface area contributed by atoms with Crippen molar-refractivity contribution in [1.82, 2.24) is 20.4 Å². The summed E-state index contributed by atoms with van der Waals surface area (Å²) >= 11 is 0. The Morgan fingerprint density at radius 1 is 1.03 bits per heavy atom. The number of rotatable bonds is 8. The van der Waals surface area contributed by atoms with Crippen molar-refractivity contribution in [2.75, 3.05) is 13.1 Å². The second-order valence-electron chi connectivity index (χ2n) is 10.3. The number of hydrogen-bond acceptors (Lipinski definition) is 5. The second-order valence-corrected chi connectivity index (χ2v) is 10.3. The first-order chi connectivity index (χ1) is 17.7. The van der Waals surface area contributed by atoms with Crippen LogP contribution < -0.4 is 15.4 Å². The normalized spacial score (nSPS) is 23.4. The highest BCUT2D eigenvalue weighted by molar-refractivity contribution is 5.91. The van der Waals surface area contributed by atoms with E-state index in [0.29, 0.717) is 19.1 Å². The van der Waals surface area contributed by atoms with E-state index >= 15 is 0 Å². The molecule has 6 rings (SSSR count). The first kappa shape index (κ1) is 23.0. The maximum absolute atomic E-state index is 13.5. The van der Waals surface area contributed by atoms with Crippen LogP contribution in [0.15, 0.2) is 71.1 Å². The van der Waals surface area contributed by atoms with Crippen LogP contribution in [0, 0.1) is 5.92 Å². The lowest BCUT2D eigenvalue weighted by molar-refractivity contribution is 0.146. The fourth-order valence-electron chi connectivity index (χ4n) is 5.85. The molecule has 1 saturated heterocycles. The molecule has 1 aliphatic carbocycles. The van der Waals surface area contributed by atoms with Crippen molar-refractivity contribution < 1.29 is 9.53 Å². The lowest BCUT2D eigenvalue weighted by Crippen LogP contribution is -2.53. The lowest BCUT2D eigenvalue weighted by Gasteiger charge is -2.36. The van der Waals surface area contributed by atoms with Gasteiger partial charge in [-0.25, -0.2) is 9.79 Å². The predicted molar refractivity (Wildman–Crippen MR) is 140 cm³/mol. The minimum absolute atomic E-state index is 0.0680. The van der Waals surface area contributed by atoms with Crippen LogP contribution in [0.1, 0.15) is 50.2 Å². The maximum Gasteiger partial charge on any atom is 0.327 e. The summed E-state index contributed by atoms with van der Waals surface area (Å²) in [4.78, 5) is 22.4. The molecule has 7 heteroatoms. The number of urea groups is 1. The van der Waals surface area contributed by atoms with Crippen molar-refractivity contribution in [2.24, 2.45) is 10.9 Å². The molecule has 0 aromatic heterocycles. The summed E-state index contributed by atoms with van der Waals surface area (Å²) in [5, 5.41) is 7.32. The van der Waals surface area contributed by atoms with Crippen LogP contribution in [0.25, 0.3) is 0 Å². The van der Waals surface area contributed by atoms with Crippen molar-refractivity contribution in [3.8, 4) is 5.75 Å². The van der Waals surface area contributed by atoms with Crippen LogP contribution in [0.3, 0.4) is 0 Å². The van der Waals surface area contributed by atoms with Crippen LogP contribution in [0.4, 0.5) is 4.79 Å². The first-order valence-corrected chi connectivity index (χ1v) is 13.4. The molecule has 1 saturated carbocycles. The maximum atomic E-state index is 13.5. The van der Waals surface area contributed by atoms with Crippen LogP contribution in [-0.4, -0.2) is 47.0 Å². The Bertz CT molecular complexity index is 1150. The van der Waals surface area contributed by atoms with Crippen LogP contribution >= 0.6 is 0 Å². The number of hydrogen-bond donors (Lipinski definition) is 2. The molecule has 3 heterocycles. The molecule has 2 N–H and O–H groups in total. The number of amides is 2. The van der Waals surface area contributed by atoms with Gasteiger partial charge in [0.1, 0.15) is 29.7 Å². The van der Waals surface area contributed by atoms with Crippen molar-refractivity contribution in [2.45, 2.75) is 64.3 Å². The molecule has 188 valence electrons. The van der Waals surface area contributed by atoms with Gasteiger partial charge in [-0.1, -0.05) is 62.2 Å². The summed E-state index contributed by atoms with van der Waals surface area (Å²) in [6, 6.07) is 18.7. The van der Waals surface area contributed by atoms with Crippen LogP contribution in [-0.2, 0) is 13.0 Å². The number of carbonyl (C=O) groups is 1. The molecule has 2 fully saturated rings. The third kappa shape index (κ3) is 4.43. The van der Waals surface area contributed by atoms with Gasteiger partial charge in [-0.3, -0.25) is 9.80 Å². The van der Waals surface area contributed by atoms with E-state index in [2.05, 4.69) is 41.8 Å². The highest BCUT2D eigenvalue weighted by Gasteiger charge is 2.47. The van der Waals surface area contributed by atoms with E-state index in [-0.39, 0.29) is 18.2 Å². The Kier molecular flexibility index (Phi) is 6.30. The van der Waals surface area contributed by atoms with E-state index < -0.39 is 0 Å². The molecule has 3 aliphatic heterocycles. The molecular weight excluding hydrogens is 450 g/mol. The van der Waals surface area contributed by atoms with Crippen LogP contribution in [0.2, 0.25) is 0 Å². The van der Waals surface area contributed by atoms with Gasteiger partial charge in [-0.2, -0.15) is 0 Å². The molecule has 4 aliphatic rings. The minimum atomic E-state index is -0.216. The highest BCUT2D eigenvalue weighted by atomic mass is 16.5. The van der Waals surface area contributed by atoms with Gasteiger partial charge >= 0.3 is 6.03 Å².